The van der Waals surface area contributed by atoms with Crippen LogP contribution in [0.2, 0.25) is 10.0 Å². The molecule has 24 heavy (non-hydrogen) atoms. The maximum atomic E-state index is 12.4. The van der Waals surface area contributed by atoms with Gasteiger partial charge in [0.25, 0.3) is 0 Å². The van der Waals surface area contributed by atoms with Gasteiger partial charge in [0.2, 0.25) is 0 Å². The second-order valence-corrected chi connectivity index (χ2v) is 7.59. The molecule has 0 unspecified atom stereocenters. The molecule has 132 valence electrons. The van der Waals surface area contributed by atoms with Crippen LogP contribution in [0.3, 0.4) is 0 Å². The molecule has 4 nitrogen and oxygen atoms in total. The first kappa shape index (κ1) is 19.1. The maximum Gasteiger partial charge on any atom is 0.410 e. The Morgan fingerprint density at radius 1 is 1.38 bits per heavy atom. The SMILES string of the molecule is C=C[C@@H]1OCCN(C(=O)OC(C)(C)C)C[C@@H]1c1ccc(Cl)c(Cl)c1. The molecule has 1 aromatic rings. The Balaban J connectivity index is 2.26. The number of rotatable bonds is 2. The summed E-state index contributed by atoms with van der Waals surface area (Å²) in [5.74, 6) is -0.0905. The molecule has 0 saturated carbocycles. The first-order chi connectivity index (χ1) is 11.2. The molecule has 0 aromatic heterocycles. The summed E-state index contributed by atoms with van der Waals surface area (Å²) in [6.07, 6.45) is 1.20. The van der Waals surface area contributed by atoms with Crippen LogP contribution in [0, 0.1) is 0 Å². The van der Waals surface area contributed by atoms with Gasteiger partial charge in [-0.15, -0.1) is 6.58 Å². The molecule has 0 aliphatic carbocycles. The van der Waals surface area contributed by atoms with E-state index in [9.17, 15) is 4.79 Å². The van der Waals surface area contributed by atoms with Crippen LogP contribution in [0.4, 0.5) is 4.79 Å². The minimum Gasteiger partial charge on any atom is -0.444 e. The molecule has 1 fully saturated rings. The fraction of sp³-hybridized carbons (Fsp3) is 0.500. The zero-order valence-electron chi connectivity index (χ0n) is 14.2. The molecule has 0 radical (unpaired) electrons. The second-order valence-electron chi connectivity index (χ2n) is 6.78. The monoisotopic (exact) mass is 371 g/mol. The second kappa shape index (κ2) is 7.77. The minimum atomic E-state index is -0.541. The molecule has 2 atom stereocenters. The Bertz CT molecular complexity index is 613. The van der Waals surface area contributed by atoms with E-state index in [0.717, 1.165) is 5.56 Å². The number of carbonyl (C=O) groups is 1. The van der Waals surface area contributed by atoms with Gasteiger partial charge in [0, 0.05) is 19.0 Å². The molecule has 1 aliphatic rings. The number of amides is 1. The van der Waals surface area contributed by atoms with Crippen LogP contribution in [0.1, 0.15) is 32.3 Å². The molecule has 0 bridgehead atoms. The first-order valence-electron chi connectivity index (χ1n) is 7.88. The Hall–Kier alpha value is -1.23. The molecule has 0 spiro atoms. The number of ether oxygens (including phenoxy) is 2. The molecule has 1 amide bonds. The number of hydrogen-bond acceptors (Lipinski definition) is 3. The van der Waals surface area contributed by atoms with Crippen molar-refractivity contribution in [3.8, 4) is 0 Å². The van der Waals surface area contributed by atoms with Gasteiger partial charge in [0.15, 0.2) is 0 Å². The summed E-state index contributed by atoms with van der Waals surface area (Å²) >= 11 is 12.2. The van der Waals surface area contributed by atoms with Crippen LogP contribution in [-0.2, 0) is 9.47 Å². The van der Waals surface area contributed by atoms with Gasteiger partial charge in [-0.05, 0) is 38.5 Å². The predicted octanol–water partition coefficient (Wildman–Crippen LogP) is 4.90. The summed E-state index contributed by atoms with van der Waals surface area (Å²) in [6.45, 7) is 10.8. The average molecular weight is 372 g/mol. The summed E-state index contributed by atoms with van der Waals surface area (Å²) in [7, 11) is 0. The normalized spacial score (nSPS) is 22.0. The van der Waals surface area contributed by atoms with Crippen molar-refractivity contribution in [3.63, 3.8) is 0 Å². The van der Waals surface area contributed by atoms with Crippen molar-refractivity contribution in [2.45, 2.75) is 38.4 Å². The smallest absolute Gasteiger partial charge is 0.410 e. The van der Waals surface area contributed by atoms with E-state index in [1.54, 1.807) is 17.0 Å². The maximum absolute atomic E-state index is 12.4. The summed E-state index contributed by atoms with van der Waals surface area (Å²) in [6, 6.07) is 5.46. The van der Waals surface area contributed by atoms with E-state index in [1.807, 2.05) is 32.9 Å². The lowest BCUT2D eigenvalue weighted by molar-refractivity contribution is 0.0238. The van der Waals surface area contributed by atoms with E-state index in [-0.39, 0.29) is 18.1 Å². The van der Waals surface area contributed by atoms with Gasteiger partial charge in [-0.3, -0.25) is 0 Å². The highest BCUT2D eigenvalue weighted by atomic mass is 35.5. The Morgan fingerprint density at radius 2 is 2.08 bits per heavy atom. The molecule has 1 heterocycles. The van der Waals surface area contributed by atoms with Crippen LogP contribution in [0.15, 0.2) is 30.9 Å². The van der Waals surface area contributed by atoms with Crippen molar-refractivity contribution in [3.05, 3.63) is 46.5 Å². The highest BCUT2D eigenvalue weighted by Gasteiger charge is 2.32. The molecule has 1 saturated heterocycles. The molecule has 1 aliphatic heterocycles. The summed E-state index contributed by atoms with van der Waals surface area (Å²) < 4.78 is 11.3. The summed E-state index contributed by atoms with van der Waals surface area (Å²) in [5.41, 5.74) is 0.408. The Kier molecular flexibility index (Phi) is 6.18. The minimum absolute atomic E-state index is 0.0905. The van der Waals surface area contributed by atoms with Crippen molar-refractivity contribution in [2.24, 2.45) is 0 Å². The predicted molar refractivity (Wildman–Crippen MR) is 96.9 cm³/mol. The topological polar surface area (TPSA) is 38.8 Å². The number of nitrogens with zero attached hydrogens (tertiary/aromatic N) is 1. The number of halogens is 2. The quantitative estimate of drug-likeness (QED) is 0.694. The molecule has 1 aromatic carbocycles. The molecular weight excluding hydrogens is 349 g/mol. The lowest BCUT2D eigenvalue weighted by Gasteiger charge is -2.29. The zero-order valence-corrected chi connectivity index (χ0v) is 15.7. The van der Waals surface area contributed by atoms with E-state index in [4.69, 9.17) is 32.7 Å². The van der Waals surface area contributed by atoms with Gasteiger partial charge in [-0.2, -0.15) is 0 Å². The molecule has 2 rings (SSSR count). The zero-order chi connectivity index (χ0) is 17.9. The van der Waals surface area contributed by atoms with Crippen molar-refractivity contribution >= 4 is 29.3 Å². The van der Waals surface area contributed by atoms with Crippen molar-refractivity contribution in [2.75, 3.05) is 19.7 Å². The van der Waals surface area contributed by atoms with Crippen molar-refractivity contribution in [1.82, 2.24) is 4.90 Å². The van der Waals surface area contributed by atoms with E-state index in [1.165, 1.54) is 0 Å². The van der Waals surface area contributed by atoms with Gasteiger partial charge >= 0.3 is 6.09 Å². The van der Waals surface area contributed by atoms with E-state index in [0.29, 0.717) is 29.7 Å². The largest absolute Gasteiger partial charge is 0.444 e. The molecule has 0 N–H and O–H groups in total. The van der Waals surface area contributed by atoms with Crippen LogP contribution < -0.4 is 0 Å². The van der Waals surface area contributed by atoms with Gasteiger partial charge in [-0.1, -0.05) is 35.3 Å². The standard InChI is InChI=1S/C18H23Cl2NO3/c1-5-16-13(12-6-7-14(19)15(20)10-12)11-21(8-9-23-16)17(22)24-18(2,3)4/h5-7,10,13,16H,1,8-9,11H2,2-4H3/t13-,16+/m1/s1. The van der Waals surface area contributed by atoms with Crippen molar-refractivity contribution < 1.29 is 14.3 Å². The summed E-state index contributed by atoms with van der Waals surface area (Å²) in [4.78, 5) is 14.1. The average Bonchev–Trinajstić information content (AvgIpc) is 2.70. The lowest BCUT2D eigenvalue weighted by atomic mass is 9.93. The highest BCUT2D eigenvalue weighted by molar-refractivity contribution is 6.42. The molecular formula is C18H23Cl2NO3. The van der Waals surface area contributed by atoms with Crippen LogP contribution in [-0.4, -0.2) is 42.4 Å². The van der Waals surface area contributed by atoms with E-state index in [2.05, 4.69) is 6.58 Å². The van der Waals surface area contributed by atoms with Gasteiger partial charge < -0.3 is 14.4 Å². The third kappa shape index (κ3) is 4.88. The fourth-order valence-electron chi connectivity index (χ4n) is 2.61. The third-order valence-corrected chi connectivity index (χ3v) is 4.48. The fourth-order valence-corrected chi connectivity index (χ4v) is 2.92. The number of benzene rings is 1. The van der Waals surface area contributed by atoms with Crippen LogP contribution in [0.5, 0.6) is 0 Å². The van der Waals surface area contributed by atoms with E-state index < -0.39 is 5.60 Å². The van der Waals surface area contributed by atoms with E-state index >= 15 is 0 Å². The number of hydrogen-bond donors (Lipinski definition) is 0. The van der Waals surface area contributed by atoms with Gasteiger partial charge in [0.05, 0.1) is 22.8 Å². The Labute approximate surface area is 153 Å². The van der Waals surface area contributed by atoms with Crippen LogP contribution >= 0.6 is 23.2 Å². The lowest BCUT2D eigenvalue weighted by Crippen LogP contribution is -2.40. The highest BCUT2D eigenvalue weighted by Crippen LogP contribution is 2.31. The molecule has 6 heteroatoms. The number of carbonyl (C=O) groups excluding carboxylic acids is 1. The Morgan fingerprint density at radius 3 is 2.67 bits per heavy atom. The van der Waals surface area contributed by atoms with Crippen LogP contribution in [0.25, 0.3) is 0 Å². The van der Waals surface area contributed by atoms with Gasteiger partial charge in [0.1, 0.15) is 5.60 Å². The third-order valence-electron chi connectivity index (χ3n) is 3.74. The summed E-state index contributed by atoms with van der Waals surface area (Å²) in [5, 5.41) is 0.971. The van der Waals surface area contributed by atoms with Crippen molar-refractivity contribution in [1.29, 1.82) is 0 Å². The van der Waals surface area contributed by atoms with Gasteiger partial charge in [-0.25, -0.2) is 4.79 Å². The first-order valence-corrected chi connectivity index (χ1v) is 8.64.